The molecule has 1 saturated carbocycles. The van der Waals surface area contributed by atoms with Crippen LogP contribution in [0.5, 0.6) is 0 Å². The predicted octanol–water partition coefficient (Wildman–Crippen LogP) is 2.13. The molecule has 0 heterocycles. The highest BCUT2D eigenvalue weighted by molar-refractivity contribution is 5.77. The standard InChI is InChI=1S/C16H27NO5/c1-4-10(5-2)8-13(17-9(3)18)14-11(15(19)20)6-7-12(14)16(21)22/h10-14H,4-8H2,1-3H3,(H,17,18)(H,19,20)(H,21,22)/t11-,12-,13+/m1/s1. The quantitative estimate of drug-likeness (QED) is 0.637. The van der Waals surface area contributed by atoms with Crippen molar-refractivity contribution in [2.24, 2.45) is 23.7 Å². The van der Waals surface area contributed by atoms with Gasteiger partial charge in [-0.1, -0.05) is 26.7 Å². The Morgan fingerprint density at radius 1 is 1.05 bits per heavy atom. The first kappa shape index (κ1) is 18.5. The molecule has 0 saturated heterocycles. The zero-order chi connectivity index (χ0) is 16.9. The van der Waals surface area contributed by atoms with Crippen LogP contribution < -0.4 is 5.32 Å². The van der Waals surface area contributed by atoms with Gasteiger partial charge in [-0.15, -0.1) is 0 Å². The summed E-state index contributed by atoms with van der Waals surface area (Å²) in [6, 6.07) is -0.396. The van der Waals surface area contributed by atoms with Crippen molar-refractivity contribution in [2.75, 3.05) is 0 Å². The van der Waals surface area contributed by atoms with Crippen LogP contribution in [-0.4, -0.2) is 34.1 Å². The van der Waals surface area contributed by atoms with Crippen molar-refractivity contribution in [3.05, 3.63) is 0 Å². The minimum atomic E-state index is -0.964. The number of hydrogen-bond acceptors (Lipinski definition) is 3. The molecular weight excluding hydrogens is 286 g/mol. The summed E-state index contributed by atoms with van der Waals surface area (Å²) in [7, 11) is 0. The lowest BCUT2D eigenvalue weighted by molar-refractivity contribution is -0.147. The molecule has 0 unspecified atom stereocenters. The largest absolute Gasteiger partial charge is 0.481 e. The van der Waals surface area contributed by atoms with Crippen LogP contribution in [0, 0.1) is 23.7 Å². The van der Waals surface area contributed by atoms with Gasteiger partial charge in [-0.3, -0.25) is 14.4 Å². The van der Waals surface area contributed by atoms with E-state index in [1.54, 1.807) is 0 Å². The zero-order valence-electron chi connectivity index (χ0n) is 13.5. The van der Waals surface area contributed by atoms with E-state index in [4.69, 9.17) is 0 Å². The van der Waals surface area contributed by atoms with Gasteiger partial charge in [0.25, 0.3) is 0 Å². The minimum absolute atomic E-state index is 0.240. The number of carboxylic acids is 2. The SMILES string of the molecule is CCC(CC)C[C@H](NC(C)=O)C1[C@H](C(=O)O)CC[C@H]1C(=O)O. The molecule has 0 aliphatic heterocycles. The Bertz CT molecular complexity index is 397. The highest BCUT2D eigenvalue weighted by Crippen LogP contribution is 2.41. The van der Waals surface area contributed by atoms with Gasteiger partial charge in [0.05, 0.1) is 11.8 Å². The number of rotatable bonds is 8. The molecule has 0 aromatic carbocycles. The Hall–Kier alpha value is -1.59. The Morgan fingerprint density at radius 3 is 1.82 bits per heavy atom. The topological polar surface area (TPSA) is 104 Å². The van der Waals surface area contributed by atoms with E-state index in [0.717, 1.165) is 12.8 Å². The second kappa shape index (κ2) is 8.15. The fourth-order valence-electron chi connectivity index (χ4n) is 3.72. The van der Waals surface area contributed by atoms with Crippen molar-refractivity contribution >= 4 is 17.8 Å². The number of carbonyl (C=O) groups is 3. The van der Waals surface area contributed by atoms with E-state index < -0.39 is 35.7 Å². The first-order valence-electron chi connectivity index (χ1n) is 8.04. The van der Waals surface area contributed by atoms with Gasteiger partial charge in [0.1, 0.15) is 0 Å². The van der Waals surface area contributed by atoms with E-state index >= 15 is 0 Å². The molecule has 1 rings (SSSR count). The summed E-state index contributed by atoms with van der Waals surface area (Å²) in [5.41, 5.74) is 0. The van der Waals surface area contributed by atoms with Crippen LogP contribution in [0.25, 0.3) is 0 Å². The van der Waals surface area contributed by atoms with E-state index in [2.05, 4.69) is 19.2 Å². The van der Waals surface area contributed by atoms with Crippen molar-refractivity contribution < 1.29 is 24.6 Å². The summed E-state index contributed by atoms with van der Waals surface area (Å²) in [5, 5.41) is 21.6. The molecule has 0 spiro atoms. The summed E-state index contributed by atoms with van der Waals surface area (Å²) in [6.45, 7) is 5.49. The van der Waals surface area contributed by atoms with E-state index in [1.807, 2.05) is 0 Å². The fourth-order valence-corrected chi connectivity index (χ4v) is 3.72. The lowest BCUT2D eigenvalue weighted by atomic mass is 9.78. The highest BCUT2D eigenvalue weighted by Gasteiger charge is 2.48. The molecule has 126 valence electrons. The summed E-state index contributed by atoms with van der Waals surface area (Å²) in [6.07, 6.45) is 3.19. The molecule has 1 aliphatic carbocycles. The fraction of sp³-hybridized carbons (Fsp3) is 0.812. The molecule has 0 aromatic rings. The summed E-state index contributed by atoms with van der Waals surface area (Å²) in [4.78, 5) is 34.5. The van der Waals surface area contributed by atoms with Gasteiger partial charge in [0.2, 0.25) is 5.91 Å². The molecule has 1 amide bonds. The number of carboxylic acid groups (broad SMARTS) is 2. The van der Waals surface area contributed by atoms with Crippen LogP contribution in [0.1, 0.15) is 52.9 Å². The van der Waals surface area contributed by atoms with Crippen LogP contribution >= 0.6 is 0 Å². The van der Waals surface area contributed by atoms with E-state index in [0.29, 0.717) is 25.2 Å². The van der Waals surface area contributed by atoms with Crippen LogP contribution in [-0.2, 0) is 14.4 Å². The Labute approximate surface area is 131 Å². The van der Waals surface area contributed by atoms with Gasteiger partial charge >= 0.3 is 11.9 Å². The third-order valence-corrected chi connectivity index (χ3v) is 4.95. The number of nitrogens with one attached hydrogen (secondary N) is 1. The maximum atomic E-state index is 11.5. The average molecular weight is 313 g/mol. The smallest absolute Gasteiger partial charge is 0.306 e. The normalized spacial score (nSPS) is 23.5. The number of aliphatic carboxylic acids is 2. The lowest BCUT2D eigenvalue weighted by Gasteiger charge is -2.32. The molecular formula is C16H27NO5. The second-order valence-electron chi connectivity index (χ2n) is 6.27. The summed E-state index contributed by atoms with van der Waals surface area (Å²) < 4.78 is 0. The molecule has 1 aliphatic rings. The number of hydrogen-bond donors (Lipinski definition) is 3. The molecule has 3 N–H and O–H groups in total. The molecule has 1 fully saturated rings. The molecule has 6 nitrogen and oxygen atoms in total. The van der Waals surface area contributed by atoms with Crippen molar-refractivity contribution in [1.29, 1.82) is 0 Å². The number of amides is 1. The lowest BCUT2D eigenvalue weighted by Crippen LogP contribution is -2.46. The number of carbonyl (C=O) groups excluding carboxylic acids is 1. The van der Waals surface area contributed by atoms with Crippen molar-refractivity contribution in [3.63, 3.8) is 0 Å². The van der Waals surface area contributed by atoms with Crippen molar-refractivity contribution in [2.45, 2.75) is 58.9 Å². The average Bonchev–Trinajstić information content (AvgIpc) is 2.88. The van der Waals surface area contributed by atoms with Gasteiger partial charge in [0, 0.05) is 18.9 Å². The minimum Gasteiger partial charge on any atom is -0.481 e. The molecule has 6 heteroatoms. The van der Waals surface area contributed by atoms with Gasteiger partial charge < -0.3 is 15.5 Å². The van der Waals surface area contributed by atoms with Gasteiger partial charge in [0.15, 0.2) is 0 Å². The van der Waals surface area contributed by atoms with Crippen LogP contribution in [0.4, 0.5) is 0 Å². The van der Waals surface area contributed by atoms with Gasteiger partial charge in [-0.25, -0.2) is 0 Å². The van der Waals surface area contributed by atoms with Gasteiger partial charge in [-0.05, 0) is 25.2 Å². The van der Waals surface area contributed by atoms with Crippen LogP contribution in [0.3, 0.4) is 0 Å². The summed E-state index contributed by atoms with van der Waals surface area (Å²) >= 11 is 0. The molecule has 0 aromatic heterocycles. The molecule has 22 heavy (non-hydrogen) atoms. The third kappa shape index (κ3) is 4.45. The van der Waals surface area contributed by atoms with Crippen LogP contribution in [0.15, 0.2) is 0 Å². The first-order chi connectivity index (χ1) is 10.3. The maximum Gasteiger partial charge on any atom is 0.306 e. The van der Waals surface area contributed by atoms with Crippen LogP contribution in [0.2, 0.25) is 0 Å². The monoisotopic (exact) mass is 313 g/mol. The molecule has 0 radical (unpaired) electrons. The van der Waals surface area contributed by atoms with Crippen molar-refractivity contribution in [1.82, 2.24) is 5.32 Å². The zero-order valence-corrected chi connectivity index (χ0v) is 13.5. The van der Waals surface area contributed by atoms with E-state index in [1.165, 1.54) is 6.92 Å². The third-order valence-electron chi connectivity index (χ3n) is 4.95. The highest BCUT2D eigenvalue weighted by atomic mass is 16.4. The molecule has 0 bridgehead atoms. The van der Waals surface area contributed by atoms with E-state index in [9.17, 15) is 24.6 Å². The van der Waals surface area contributed by atoms with Crippen molar-refractivity contribution in [3.8, 4) is 0 Å². The Morgan fingerprint density at radius 2 is 1.50 bits per heavy atom. The molecule has 3 atom stereocenters. The van der Waals surface area contributed by atoms with E-state index in [-0.39, 0.29) is 5.91 Å². The Balaban J connectivity index is 3.06. The maximum absolute atomic E-state index is 11.5. The predicted molar refractivity (Wildman–Crippen MR) is 81.3 cm³/mol. The Kier molecular flexibility index (Phi) is 6.84. The summed E-state index contributed by atoms with van der Waals surface area (Å²) in [5.74, 6) is -3.76. The second-order valence-corrected chi connectivity index (χ2v) is 6.27. The van der Waals surface area contributed by atoms with Gasteiger partial charge in [-0.2, -0.15) is 0 Å². The first-order valence-corrected chi connectivity index (χ1v) is 8.04.